The van der Waals surface area contributed by atoms with E-state index in [1.54, 1.807) is 12.1 Å². The monoisotopic (exact) mass is 223 g/mol. The Morgan fingerprint density at radius 1 is 1.50 bits per heavy atom. The second kappa shape index (κ2) is 5.58. The van der Waals surface area contributed by atoms with Crippen molar-refractivity contribution in [1.82, 2.24) is 0 Å². The van der Waals surface area contributed by atoms with Gasteiger partial charge in [0.25, 0.3) is 5.69 Å². The number of rotatable bonds is 5. The van der Waals surface area contributed by atoms with E-state index in [2.05, 4.69) is 0 Å². The molecule has 1 rings (SSSR count). The molecular formula is C11H17N3O2. The molecule has 1 aromatic carbocycles. The zero-order valence-corrected chi connectivity index (χ0v) is 9.35. The minimum Gasteiger partial charge on any atom is -0.330 e. The highest BCUT2D eigenvalue weighted by atomic mass is 16.6. The Hall–Kier alpha value is -1.46. The number of nitro groups is 1. The van der Waals surface area contributed by atoms with Gasteiger partial charge in [0.1, 0.15) is 0 Å². The third-order valence-corrected chi connectivity index (χ3v) is 2.58. The van der Waals surface area contributed by atoms with Gasteiger partial charge in [0.15, 0.2) is 0 Å². The molecule has 1 atom stereocenters. The fourth-order valence-corrected chi connectivity index (χ4v) is 1.62. The highest BCUT2D eigenvalue weighted by molar-refractivity contribution is 5.45. The van der Waals surface area contributed by atoms with Gasteiger partial charge in [0, 0.05) is 17.7 Å². The van der Waals surface area contributed by atoms with Crippen molar-refractivity contribution in [2.45, 2.75) is 25.8 Å². The summed E-state index contributed by atoms with van der Waals surface area (Å²) in [5, 5.41) is 10.9. The highest BCUT2D eigenvalue weighted by Crippen LogP contribution is 2.26. The SMILES string of the molecule is CCc1ccc(C(N)CCN)c([N+](=O)[O-])c1. The number of aryl methyl sites for hydroxylation is 1. The Morgan fingerprint density at radius 3 is 2.69 bits per heavy atom. The van der Waals surface area contributed by atoms with Crippen LogP contribution in [-0.4, -0.2) is 11.5 Å². The lowest BCUT2D eigenvalue weighted by Gasteiger charge is -2.11. The maximum Gasteiger partial charge on any atom is 0.274 e. The predicted octanol–water partition coefficient (Wildman–Crippen LogP) is 1.51. The molecule has 0 aliphatic carbocycles. The zero-order valence-electron chi connectivity index (χ0n) is 9.35. The van der Waals surface area contributed by atoms with Gasteiger partial charge in [-0.25, -0.2) is 0 Å². The average Bonchev–Trinajstić information content (AvgIpc) is 2.28. The summed E-state index contributed by atoms with van der Waals surface area (Å²) in [6, 6.07) is 4.83. The van der Waals surface area contributed by atoms with Gasteiger partial charge in [0.05, 0.1) is 4.92 Å². The van der Waals surface area contributed by atoms with Crippen LogP contribution in [0.3, 0.4) is 0 Å². The highest BCUT2D eigenvalue weighted by Gasteiger charge is 2.19. The quantitative estimate of drug-likeness (QED) is 0.584. The molecule has 0 radical (unpaired) electrons. The van der Waals surface area contributed by atoms with Crippen molar-refractivity contribution in [3.63, 3.8) is 0 Å². The number of hydrogen-bond acceptors (Lipinski definition) is 4. The molecule has 5 nitrogen and oxygen atoms in total. The topological polar surface area (TPSA) is 95.2 Å². The molecule has 0 fully saturated rings. The second-order valence-corrected chi connectivity index (χ2v) is 3.69. The smallest absolute Gasteiger partial charge is 0.274 e. The first-order valence-corrected chi connectivity index (χ1v) is 5.33. The van der Waals surface area contributed by atoms with Crippen LogP contribution in [0.1, 0.15) is 30.5 Å². The van der Waals surface area contributed by atoms with E-state index in [1.807, 2.05) is 13.0 Å². The number of nitrogens with two attached hydrogens (primary N) is 2. The van der Waals surface area contributed by atoms with Crippen LogP contribution < -0.4 is 11.5 Å². The molecular weight excluding hydrogens is 206 g/mol. The van der Waals surface area contributed by atoms with Crippen LogP contribution in [0.15, 0.2) is 18.2 Å². The molecule has 0 saturated heterocycles. The second-order valence-electron chi connectivity index (χ2n) is 3.69. The third kappa shape index (κ3) is 2.77. The predicted molar refractivity (Wildman–Crippen MR) is 63.1 cm³/mol. The molecule has 1 aromatic rings. The standard InChI is InChI=1S/C11H17N3O2/c1-2-8-3-4-9(10(13)5-6-12)11(7-8)14(15)16/h3-4,7,10H,2,5-6,12-13H2,1H3. The molecule has 0 aromatic heterocycles. The summed E-state index contributed by atoms with van der Waals surface area (Å²) in [5.41, 5.74) is 12.9. The van der Waals surface area contributed by atoms with E-state index in [1.165, 1.54) is 0 Å². The molecule has 5 heteroatoms. The first-order chi connectivity index (χ1) is 7.60. The van der Waals surface area contributed by atoms with Gasteiger partial charge < -0.3 is 11.5 Å². The Labute approximate surface area is 94.6 Å². The number of hydrogen-bond donors (Lipinski definition) is 2. The van der Waals surface area contributed by atoms with Gasteiger partial charge in [-0.15, -0.1) is 0 Å². The fourth-order valence-electron chi connectivity index (χ4n) is 1.62. The Morgan fingerprint density at radius 2 is 2.19 bits per heavy atom. The summed E-state index contributed by atoms with van der Waals surface area (Å²) in [4.78, 5) is 10.5. The van der Waals surface area contributed by atoms with Crippen molar-refractivity contribution in [2.75, 3.05) is 6.54 Å². The summed E-state index contributed by atoms with van der Waals surface area (Å²) in [6.07, 6.45) is 1.32. The van der Waals surface area contributed by atoms with E-state index in [0.29, 0.717) is 18.5 Å². The van der Waals surface area contributed by atoms with Gasteiger partial charge in [-0.3, -0.25) is 10.1 Å². The van der Waals surface area contributed by atoms with Crippen LogP contribution in [0, 0.1) is 10.1 Å². The number of nitro benzene ring substituents is 1. The minimum atomic E-state index is -0.384. The number of nitrogens with zero attached hydrogens (tertiary/aromatic N) is 1. The maximum absolute atomic E-state index is 10.9. The number of benzene rings is 1. The van der Waals surface area contributed by atoms with Crippen molar-refractivity contribution in [1.29, 1.82) is 0 Å². The molecule has 0 aliphatic rings. The van der Waals surface area contributed by atoms with Crippen molar-refractivity contribution >= 4 is 5.69 Å². The largest absolute Gasteiger partial charge is 0.330 e. The van der Waals surface area contributed by atoms with E-state index < -0.39 is 0 Å². The molecule has 16 heavy (non-hydrogen) atoms. The van der Waals surface area contributed by atoms with Crippen LogP contribution in [0.4, 0.5) is 5.69 Å². The van der Waals surface area contributed by atoms with Crippen LogP contribution in [0.25, 0.3) is 0 Å². The lowest BCUT2D eigenvalue weighted by Crippen LogP contribution is -2.16. The zero-order chi connectivity index (χ0) is 12.1. The molecule has 0 aliphatic heterocycles. The molecule has 0 spiro atoms. The van der Waals surface area contributed by atoms with Gasteiger partial charge >= 0.3 is 0 Å². The molecule has 0 bridgehead atoms. The minimum absolute atomic E-state index is 0.0975. The molecule has 4 N–H and O–H groups in total. The van der Waals surface area contributed by atoms with Crippen LogP contribution in [0.5, 0.6) is 0 Å². The van der Waals surface area contributed by atoms with Crippen molar-refractivity contribution in [3.05, 3.63) is 39.4 Å². The van der Waals surface area contributed by atoms with Gasteiger partial charge in [-0.05, 0) is 24.9 Å². The van der Waals surface area contributed by atoms with Crippen LogP contribution in [-0.2, 0) is 6.42 Å². The molecule has 1 unspecified atom stereocenters. The molecule has 88 valence electrons. The summed E-state index contributed by atoms with van der Waals surface area (Å²) in [6.45, 7) is 2.38. The Bertz CT molecular complexity index is 379. The molecule has 0 heterocycles. The first kappa shape index (κ1) is 12.6. The van der Waals surface area contributed by atoms with Gasteiger partial charge in [-0.1, -0.05) is 19.1 Å². The molecule has 0 amide bonds. The average molecular weight is 223 g/mol. The summed E-state index contributed by atoms with van der Waals surface area (Å²) in [5.74, 6) is 0. The third-order valence-electron chi connectivity index (χ3n) is 2.58. The summed E-state index contributed by atoms with van der Waals surface area (Å²) >= 11 is 0. The van der Waals surface area contributed by atoms with Crippen LogP contribution >= 0.6 is 0 Å². The Balaban J connectivity index is 3.12. The lowest BCUT2D eigenvalue weighted by atomic mass is 10.00. The first-order valence-electron chi connectivity index (χ1n) is 5.33. The van der Waals surface area contributed by atoms with Crippen molar-refractivity contribution in [3.8, 4) is 0 Å². The summed E-state index contributed by atoms with van der Waals surface area (Å²) < 4.78 is 0. The van der Waals surface area contributed by atoms with E-state index in [4.69, 9.17) is 11.5 Å². The maximum atomic E-state index is 10.9. The van der Waals surface area contributed by atoms with E-state index in [-0.39, 0.29) is 16.7 Å². The van der Waals surface area contributed by atoms with E-state index in [0.717, 1.165) is 12.0 Å². The van der Waals surface area contributed by atoms with E-state index >= 15 is 0 Å². The van der Waals surface area contributed by atoms with Gasteiger partial charge in [-0.2, -0.15) is 0 Å². The van der Waals surface area contributed by atoms with Crippen molar-refractivity contribution in [2.24, 2.45) is 11.5 Å². The fraction of sp³-hybridized carbons (Fsp3) is 0.455. The lowest BCUT2D eigenvalue weighted by molar-refractivity contribution is -0.385. The normalized spacial score (nSPS) is 12.4. The van der Waals surface area contributed by atoms with E-state index in [9.17, 15) is 10.1 Å². The van der Waals surface area contributed by atoms with Crippen molar-refractivity contribution < 1.29 is 4.92 Å². The van der Waals surface area contributed by atoms with Gasteiger partial charge in [0.2, 0.25) is 0 Å². The summed E-state index contributed by atoms with van der Waals surface area (Å²) in [7, 11) is 0. The van der Waals surface area contributed by atoms with Crippen LogP contribution in [0.2, 0.25) is 0 Å². The Kier molecular flexibility index (Phi) is 4.39. The molecule has 0 saturated carbocycles.